The van der Waals surface area contributed by atoms with Crippen molar-refractivity contribution in [2.24, 2.45) is 0 Å². The minimum absolute atomic E-state index is 0.0422. The van der Waals surface area contributed by atoms with E-state index < -0.39 is 11.1 Å². The highest BCUT2D eigenvalue weighted by molar-refractivity contribution is 7.80. The normalized spacial score (nSPS) is 12.8. The van der Waals surface area contributed by atoms with Crippen molar-refractivity contribution in [1.82, 2.24) is 0 Å². The van der Waals surface area contributed by atoms with Gasteiger partial charge in [-0.2, -0.15) is 0 Å². The van der Waals surface area contributed by atoms with Gasteiger partial charge in [-0.1, -0.05) is 17.7 Å². The van der Waals surface area contributed by atoms with Crippen LogP contribution in [0.1, 0.15) is 5.56 Å². The van der Waals surface area contributed by atoms with Gasteiger partial charge in [-0.15, -0.1) is 0 Å². The van der Waals surface area contributed by atoms with Crippen LogP contribution in [0.2, 0.25) is 0 Å². The molecule has 0 aliphatic rings. The van der Waals surface area contributed by atoms with E-state index in [0.717, 1.165) is 5.56 Å². The van der Waals surface area contributed by atoms with E-state index in [-0.39, 0.29) is 6.79 Å². The van der Waals surface area contributed by atoms with Crippen LogP contribution >= 0.6 is 0 Å². The van der Waals surface area contributed by atoms with E-state index in [1.165, 1.54) is 7.11 Å². The van der Waals surface area contributed by atoms with Gasteiger partial charge in [0.15, 0.2) is 17.9 Å². The third-order valence-electron chi connectivity index (χ3n) is 1.49. The first-order valence-electron chi connectivity index (χ1n) is 3.84. The Labute approximate surface area is 80.3 Å². The molecule has 0 radical (unpaired) electrons. The van der Waals surface area contributed by atoms with Crippen molar-refractivity contribution in [1.29, 1.82) is 0 Å². The zero-order chi connectivity index (χ0) is 9.68. The molecule has 0 saturated carbocycles. The quantitative estimate of drug-likeness (QED) is 0.693. The van der Waals surface area contributed by atoms with Crippen molar-refractivity contribution < 1.29 is 13.1 Å². The Balaban J connectivity index is 2.61. The Hall–Kier alpha value is -0.710. The molecule has 0 fully saturated rings. The van der Waals surface area contributed by atoms with Crippen LogP contribution in [0.5, 0.6) is 0 Å². The van der Waals surface area contributed by atoms with Gasteiger partial charge in [0.1, 0.15) is 0 Å². The molecule has 0 N–H and O–H groups in total. The summed E-state index contributed by atoms with van der Waals surface area (Å²) in [6.45, 7) is 2.02. The molecule has 0 bridgehead atoms. The first-order valence-corrected chi connectivity index (χ1v) is 4.92. The summed E-state index contributed by atoms with van der Waals surface area (Å²) in [7, 11) is 1.49. The van der Waals surface area contributed by atoms with Crippen molar-refractivity contribution in [2.45, 2.75) is 11.8 Å². The fraction of sp³-hybridized carbons (Fsp3) is 0.333. The van der Waals surface area contributed by atoms with E-state index >= 15 is 0 Å². The van der Waals surface area contributed by atoms with Gasteiger partial charge >= 0.3 is 0 Å². The molecule has 0 heterocycles. The number of hydrogen-bond acceptors (Lipinski definition) is 3. The highest BCUT2D eigenvalue weighted by Gasteiger charge is 2.02. The fourth-order valence-corrected chi connectivity index (χ4v) is 1.49. The SMILES string of the molecule is COCOS(=O)c1ccc(C)cc1. The summed E-state index contributed by atoms with van der Waals surface area (Å²) < 4.78 is 20.8. The molecule has 4 heteroatoms. The van der Waals surface area contributed by atoms with Gasteiger partial charge < -0.3 is 4.74 Å². The van der Waals surface area contributed by atoms with Crippen molar-refractivity contribution in [3.63, 3.8) is 0 Å². The lowest BCUT2D eigenvalue weighted by molar-refractivity contribution is 0.0615. The van der Waals surface area contributed by atoms with Crippen LogP contribution in [-0.2, 0) is 20.0 Å². The third-order valence-corrected chi connectivity index (χ3v) is 2.45. The molecule has 0 amide bonds. The highest BCUT2D eigenvalue weighted by Crippen LogP contribution is 2.08. The van der Waals surface area contributed by atoms with Gasteiger partial charge in [-0.3, -0.25) is 4.18 Å². The average Bonchev–Trinajstić information content (AvgIpc) is 2.15. The molecular formula is C9H12O3S. The van der Waals surface area contributed by atoms with E-state index in [0.29, 0.717) is 4.90 Å². The van der Waals surface area contributed by atoms with E-state index in [2.05, 4.69) is 4.74 Å². The maximum Gasteiger partial charge on any atom is 0.191 e. The zero-order valence-corrected chi connectivity index (χ0v) is 8.47. The molecule has 1 unspecified atom stereocenters. The van der Waals surface area contributed by atoms with Gasteiger partial charge in [0.25, 0.3) is 0 Å². The second-order valence-corrected chi connectivity index (χ2v) is 3.75. The summed E-state index contributed by atoms with van der Waals surface area (Å²) in [4.78, 5) is 0.655. The van der Waals surface area contributed by atoms with Crippen LogP contribution < -0.4 is 0 Å². The summed E-state index contributed by atoms with van der Waals surface area (Å²) in [6.07, 6.45) is 0. The van der Waals surface area contributed by atoms with Crippen molar-refractivity contribution in [3.8, 4) is 0 Å². The smallest absolute Gasteiger partial charge is 0.191 e. The highest BCUT2D eigenvalue weighted by atomic mass is 32.2. The maximum absolute atomic E-state index is 11.3. The predicted octanol–water partition coefficient (Wildman–Crippen LogP) is 1.64. The van der Waals surface area contributed by atoms with Crippen molar-refractivity contribution in [2.75, 3.05) is 13.9 Å². The summed E-state index contributed by atoms with van der Waals surface area (Å²) in [5.41, 5.74) is 1.13. The molecule has 3 nitrogen and oxygen atoms in total. The molecule has 0 spiro atoms. The Morgan fingerprint density at radius 3 is 2.46 bits per heavy atom. The Kier molecular flexibility index (Phi) is 4.08. The summed E-state index contributed by atoms with van der Waals surface area (Å²) in [5, 5.41) is 0. The molecule has 72 valence electrons. The van der Waals surface area contributed by atoms with Crippen LogP contribution in [0.15, 0.2) is 29.2 Å². The van der Waals surface area contributed by atoms with E-state index in [9.17, 15) is 4.21 Å². The minimum atomic E-state index is -1.42. The second-order valence-electron chi connectivity index (χ2n) is 2.57. The topological polar surface area (TPSA) is 35.5 Å². The summed E-state index contributed by atoms with van der Waals surface area (Å²) in [6, 6.07) is 7.34. The lowest BCUT2D eigenvalue weighted by Crippen LogP contribution is -2.00. The summed E-state index contributed by atoms with van der Waals surface area (Å²) in [5.74, 6) is 0. The minimum Gasteiger partial charge on any atom is -0.357 e. The molecule has 0 aliphatic carbocycles. The number of aryl methyl sites for hydroxylation is 1. The molecule has 0 aromatic heterocycles. The first kappa shape index (κ1) is 10.4. The Bertz CT molecular complexity index is 281. The fourth-order valence-electron chi connectivity index (χ4n) is 0.809. The monoisotopic (exact) mass is 200 g/mol. The molecule has 1 atom stereocenters. The number of benzene rings is 1. The lowest BCUT2D eigenvalue weighted by Gasteiger charge is -2.01. The van der Waals surface area contributed by atoms with Crippen molar-refractivity contribution >= 4 is 11.1 Å². The molecule has 0 aliphatic heterocycles. The Morgan fingerprint density at radius 2 is 1.92 bits per heavy atom. The van der Waals surface area contributed by atoms with E-state index in [1.807, 2.05) is 19.1 Å². The molecule has 13 heavy (non-hydrogen) atoms. The van der Waals surface area contributed by atoms with Gasteiger partial charge in [-0.25, -0.2) is 4.21 Å². The number of rotatable bonds is 4. The first-order chi connectivity index (χ1) is 6.24. The molecule has 1 aromatic carbocycles. The van der Waals surface area contributed by atoms with Gasteiger partial charge in [-0.05, 0) is 19.1 Å². The zero-order valence-electron chi connectivity index (χ0n) is 7.65. The van der Waals surface area contributed by atoms with Gasteiger partial charge in [0.2, 0.25) is 0 Å². The Morgan fingerprint density at radius 1 is 1.31 bits per heavy atom. The number of hydrogen-bond donors (Lipinski definition) is 0. The van der Waals surface area contributed by atoms with Crippen LogP contribution in [0.25, 0.3) is 0 Å². The third kappa shape index (κ3) is 3.26. The second kappa shape index (κ2) is 5.11. The van der Waals surface area contributed by atoms with Gasteiger partial charge in [0.05, 0.1) is 4.90 Å². The van der Waals surface area contributed by atoms with Crippen LogP contribution in [0, 0.1) is 6.92 Å². The van der Waals surface area contributed by atoms with Crippen LogP contribution in [0.3, 0.4) is 0 Å². The van der Waals surface area contributed by atoms with Crippen LogP contribution in [-0.4, -0.2) is 18.1 Å². The van der Waals surface area contributed by atoms with E-state index in [1.54, 1.807) is 12.1 Å². The average molecular weight is 200 g/mol. The summed E-state index contributed by atoms with van der Waals surface area (Å²) >= 11 is -1.42. The molecule has 1 aromatic rings. The molecular weight excluding hydrogens is 188 g/mol. The standard InChI is InChI=1S/C9H12O3S/c1-8-3-5-9(6-4-8)13(10)12-7-11-2/h3-6H,7H2,1-2H3. The molecule has 1 rings (SSSR count). The van der Waals surface area contributed by atoms with Crippen LogP contribution in [0.4, 0.5) is 0 Å². The largest absolute Gasteiger partial charge is 0.357 e. The maximum atomic E-state index is 11.3. The van der Waals surface area contributed by atoms with Gasteiger partial charge in [0, 0.05) is 7.11 Å². The van der Waals surface area contributed by atoms with E-state index in [4.69, 9.17) is 4.18 Å². The number of ether oxygens (including phenoxy) is 1. The predicted molar refractivity (Wildman–Crippen MR) is 50.5 cm³/mol. The molecule has 0 saturated heterocycles. The lowest BCUT2D eigenvalue weighted by atomic mass is 10.2. The van der Waals surface area contributed by atoms with Crippen molar-refractivity contribution in [3.05, 3.63) is 29.8 Å². The number of methoxy groups -OCH3 is 1.